The number of carbonyl (C=O) groups is 2. The van der Waals surface area contributed by atoms with Gasteiger partial charge in [0.05, 0.1) is 17.0 Å². The van der Waals surface area contributed by atoms with Gasteiger partial charge in [-0.2, -0.15) is 0 Å². The van der Waals surface area contributed by atoms with Crippen LogP contribution in [-0.4, -0.2) is 42.4 Å². The molecular weight excluding hydrogens is 326 g/mol. The molecule has 122 valence electrons. The molecule has 2 saturated heterocycles. The van der Waals surface area contributed by atoms with Crippen LogP contribution in [-0.2, 0) is 14.3 Å². The fourth-order valence-electron chi connectivity index (χ4n) is 3.39. The van der Waals surface area contributed by atoms with Gasteiger partial charge in [-0.05, 0) is 6.07 Å². The average molecular weight is 340 g/mol. The van der Waals surface area contributed by atoms with E-state index >= 15 is 0 Å². The van der Waals surface area contributed by atoms with Gasteiger partial charge >= 0.3 is 5.97 Å². The fourth-order valence-corrected chi connectivity index (χ4v) is 3.65. The Labute approximate surface area is 136 Å². The first kappa shape index (κ1) is 14.6. The van der Waals surface area contributed by atoms with Crippen molar-refractivity contribution in [2.45, 2.75) is 18.4 Å². The molecule has 3 heterocycles. The number of halogens is 1. The quantitative estimate of drug-likeness (QED) is 0.870. The first-order chi connectivity index (χ1) is 10.9. The molecule has 1 saturated carbocycles. The molecule has 0 radical (unpaired) electrons. The van der Waals surface area contributed by atoms with Crippen molar-refractivity contribution in [1.82, 2.24) is 0 Å². The molecule has 0 aromatic heterocycles. The zero-order chi connectivity index (χ0) is 16.2. The average Bonchev–Trinajstić information content (AvgIpc) is 3.05. The number of nitrogens with one attached hydrogen (secondary N) is 1. The Morgan fingerprint density at radius 3 is 2.65 bits per heavy atom. The molecule has 2 N–H and O–H groups in total. The maximum absolute atomic E-state index is 12.5. The second-order valence-corrected chi connectivity index (χ2v) is 6.57. The van der Waals surface area contributed by atoms with Gasteiger partial charge in [-0.25, -0.2) is 0 Å². The molecule has 0 atom stereocenters. The third-order valence-electron chi connectivity index (χ3n) is 4.59. The Kier molecular flexibility index (Phi) is 3.01. The molecule has 1 aromatic carbocycles. The number of rotatable bonds is 3. The Morgan fingerprint density at radius 1 is 1.22 bits per heavy atom. The molecule has 0 spiro atoms. The fraction of sp³-hybridized carbons (Fsp3) is 0.467. The van der Waals surface area contributed by atoms with Crippen molar-refractivity contribution >= 4 is 29.2 Å². The highest BCUT2D eigenvalue weighted by Gasteiger charge is 2.70. The predicted molar refractivity (Wildman–Crippen MR) is 79.1 cm³/mol. The molecule has 1 aromatic rings. The highest BCUT2D eigenvalue weighted by molar-refractivity contribution is 6.32. The van der Waals surface area contributed by atoms with Gasteiger partial charge in [-0.15, -0.1) is 0 Å². The maximum atomic E-state index is 12.5. The van der Waals surface area contributed by atoms with Crippen LogP contribution in [0.4, 0.5) is 5.69 Å². The summed E-state index contributed by atoms with van der Waals surface area (Å²) in [6, 6.07) is 3.20. The summed E-state index contributed by atoms with van der Waals surface area (Å²) in [6.45, 7) is 0.902. The SMILES string of the molecule is O=C(O)C12COC(C(=O)Nc3cc(Cl)c4c(c3)OCCO4)(C1)C2. The smallest absolute Gasteiger partial charge is 0.312 e. The number of anilines is 1. The van der Waals surface area contributed by atoms with E-state index in [0.717, 1.165) is 0 Å². The molecule has 1 aliphatic carbocycles. The van der Waals surface area contributed by atoms with Crippen molar-refractivity contribution < 1.29 is 28.9 Å². The van der Waals surface area contributed by atoms with Crippen molar-refractivity contribution in [3.05, 3.63) is 17.2 Å². The van der Waals surface area contributed by atoms with Gasteiger partial charge < -0.3 is 24.6 Å². The number of ether oxygens (including phenoxy) is 3. The molecule has 3 fully saturated rings. The zero-order valence-corrected chi connectivity index (χ0v) is 12.8. The summed E-state index contributed by atoms with van der Waals surface area (Å²) in [5, 5.41) is 12.3. The van der Waals surface area contributed by atoms with Crippen LogP contribution in [0.15, 0.2) is 12.1 Å². The summed E-state index contributed by atoms with van der Waals surface area (Å²) in [5.41, 5.74) is -1.51. The maximum Gasteiger partial charge on any atom is 0.312 e. The number of carboxylic acid groups (broad SMARTS) is 1. The molecule has 7 nitrogen and oxygen atoms in total. The minimum atomic E-state index is -1.06. The van der Waals surface area contributed by atoms with Crippen molar-refractivity contribution in [2.24, 2.45) is 5.41 Å². The molecule has 3 aliphatic heterocycles. The first-order valence-corrected chi connectivity index (χ1v) is 7.60. The van der Waals surface area contributed by atoms with Crippen molar-refractivity contribution in [3.63, 3.8) is 0 Å². The molecule has 4 aliphatic rings. The summed E-state index contributed by atoms with van der Waals surface area (Å²) in [7, 11) is 0. The Balaban J connectivity index is 1.52. The van der Waals surface area contributed by atoms with Crippen LogP contribution in [0, 0.1) is 5.41 Å². The van der Waals surface area contributed by atoms with Gasteiger partial charge in [-0.1, -0.05) is 11.6 Å². The Morgan fingerprint density at radius 2 is 1.96 bits per heavy atom. The number of fused-ring (bicyclic) bond motifs is 2. The lowest BCUT2D eigenvalue weighted by Crippen LogP contribution is -2.55. The van der Waals surface area contributed by atoms with E-state index in [1.807, 2.05) is 0 Å². The van der Waals surface area contributed by atoms with Gasteiger partial charge in [0.1, 0.15) is 18.8 Å². The van der Waals surface area contributed by atoms with Gasteiger partial charge in [0.15, 0.2) is 11.5 Å². The summed E-state index contributed by atoms with van der Waals surface area (Å²) in [5.74, 6) is -0.350. The molecule has 2 bridgehead atoms. The van der Waals surface area contributed by atoms with Crippen LogP contribution >= 0.6 is 11.6 Å². The molecular formula is C15H14ClNO6. The third-order valence-corrected chi connectivity index (χ3v) is 4.88. The van der Waals surface area contributed by atoms with Crippen molar-refractivity contribution in [3.8, 4) is 11.5 Å². The number of amides is 1. The minimum Gasteiger partial charge on any atom is -0.486 e. The van der Waals surface area contributed by atoms with Crippen molar-refractivity contribution in [1.29, 1.82) is 0 Å². The van der Waals surface area contributed by atoms with Gasteiger partial charge in [0.25, 0.3) is 5.91 Å². The van der Waals surface area contributed by atoms with Gasteiger partial charge in [0, 0.05) is 24.6 Å². The summed E-state index contributed by atoms with van der Waals surface area (Å²) in [6.07, 6.45) is 0.388. The number of benzene rings is 1. The molecule has 5 rings (SSSR count). The molecule has 8 heteroatoms. The summed E-state index contributed by atoms with van der Waals surface area (Å²) in [4.78, 5) is 23.7. The van der Waals surface area contributed by atoms with Gasteiger partial charge in [0.2, 0.25) is 0 Å². The largest absolute Gasteiger partial charge is 0.486 e. The highest BCUT2D eigenvalue weighted by atomic mass is 35.5. The second-order valence-electron chi connectivity index (χ2n) is 6.16. The van der Waals surface area contributed by atoms with Crippen LogP contribution < -0.4 is 14.8 Å². The number of hydrogen-bond acceptors (Lipinski definition) is 5. The normalized spacial score (nSPS) is 30.5. The van der Waals surface area contributed by atoms with Crippen LogP contribution in [0.3, 0.4) is 0 Å². The Hall–Kier alpha value is -1.99. The number of carbonyl (C=O) groups excluding carboxylic acids is 1. The topological polar surface area (TPSA) is 94.1 Å². The van der Waals surface area contributed by atoms with E-state index in [1.54, 1.807) is 12.1 Å². The molecule has 1 amide bonds. The van der Waals surface area contributed by atoms with Crippen molar-refractivity contribution in [2.75, 3.05) is 25.1 Å². The molecule has 0 unspecified atom stereocenters. The van der Waals surface area contributed by atoms with E-state index in [2.05, 4.69) is 5.32 Å². The van der Waals surface area contributed by atoms with E-state index in [1.165, 1.54) is 0 Å². The van der Waals surface area contributed by atoms with Crippen LogP contribution in [0.1, 0.15) is 12.8 Å². The standard InChI is InChI=1S/C15H14ClNO6/c16-9-3-8(4-10-11(9)22-2-1-21-10)17-12(18)15-5-14(6-15,7-23-15)13(19)20/h3-4H,1-2,5-7H2,(H,17,18)(H,19,20). The lowest BCUT2D eigenvalue weighted by molar-refractivity contribution is -0.156. The highest BCUT2D eigenvalue weighted by Crippen LogP contribution is 2.58. The van der Waals surface area contributed by atoms with E-state index in [4.69, 9.17) is 25.8 Å². The lowest BCUT2D eigenvalue weighted by Gasteiger charge is -2.40. The first-order valence-electron chi connectivity index (χ1n) is 7.22. The van der Waals surface area contributed by atoms with Crippen LogP contribution in [0.2, 0.25) is 5.02 Å². The zero-order valence-electron chi connectivity index (χ0n) is 12.1. The number of aliphatic carboxylic acids is 1. The summed E-state index contributed by atoms with van der Waals surface area (Å²) < 4.78 is 16.4. The monoisotopic (exact) mass is 339 g/mol. The predicted octanol–water partition coefficient (Wildman–Crippen LogP) is 1.68. The lowest BCUT2D eigenvalue weighted by atomic mass is 9.62. The third kappa shape index (κ3) is 2.07. The minimum absolute atomic E-state index is 0.0671. The van der Waals surface area contributed by atoms with E-state index < -0.39 is 17.0 Å². The molecule has 23 heavy (non-hydrogen) atoms. The second kappa shape index (κ2) is 4.75. The van der Waals surface area contributed by atoms with Crippen LogP contribution in [0.25, 0.3) is 0 Å². The van der Waals surface area contributed by atoms with Crippen LogP contribution in [0.5, 0.6) is 11.5 Å². The number of hydrogen-bond donors (Lipinski definition) is 2. The van der Waals surface area contributed by atoms with E-state index in [0.29, 0.717) is 35.4 Å². The summed E-state index contributed by atoms with van der Waals surface area (Å²) >= 11 is 6.13. The number of carboxylic acids is 1. The van der Waals surface area contributed by atoms with E-state index in [9.17, 15) is 14.7 Å². The van der Waals surface area contributed by atoms with Gasteiger partial charge in [-0.3, -0.25) is 9.59 Å². The van der Waals surface area contributed by atoms with E-state index in [-0.39, 0.29) is 25.4 Å². The Bertz CT molecular complexity index is 712.